The van der Waals surface area contributed by atoms with E-state index in [2.05, 4.69) is 4.74 Å². The van der Waals surface area contributed by atoms with Crippen LogP contribution < -0.4 is 9.47 Å². The quantitative estimate of drug-likeness (QED) is 0.721. The van der Waals surface area contributed by atoms with Gasteiger partial charge in [-0.25, -0.2) is 0 Å². The van der Waals surface area contributed by atoms with Crippen LogP contribution in [-0.4, -0.2) is 37.2 Å². The molecule has 23 heavy (non-hydrogen) atoms. The lowest BCUT2D eigenvalue weighted by Crippen LogP contribution is -2.33. The number of rotatable bonds is 7. The summed E-state index contributed by atoms with van der Waals surface area (Å²) in [5.41, 5.74) is 0.941. The normalized spacial score (nSPS) is 12.3. The van der Waals surface area contributed by atoms with Crippen LogP contribution in [0.2, 0.25) is 0 Å². The van der Waals surface area contributed by atoms with Gasteiger partial charge in [0.1, 0.15) is 0 Å². The second kappa shape index (κ2) is 7.85. The van der Waals surface area contributed by atoms with Crippen LogP contribution in [0.3, 0.4) is 0 Å². The molecule has 1 aliphatic rings. The fourth-order valence-electron chi connectivity index (χ4n) is 2.36. The first kappa shape index (κ1) is 17.1. The molecule has 0 saturated heterocycles. The Morgan fingerprint density at radius 1 is 1.26 bits per heavy atom. The zero-order chi connectivity index (χ0) is 16.8. The number of esters is 1. The summed E-state index contributed by atoms with van der Waals surface area (Å²) in [5, 5.41) is 0. The van der Waals surface area contributed by atoms with Gasteiger partial charge in [0.15, 0.2) is 11.5 Å². The van der Waals surface area contributed by atoms with E-state index in [1.54, 1.807) is 4.90 Å². The number of methoxy groups -OCH3 is 1. The summed E-state index contributed by atoms with van der Waals surface area (Å²) in [6, 6.07) is 5.61. The van der Waals surface area contributed by atoms with E-state index in [-0.39, 0.29) is 31.0 Å². The lowest BCUT2D eigenvalue weighted by Gasteiger charge is -2.23. The van der Waals surface area contributed by atoms with Gasteiger partial charge in [0.05, 0.1) is 13.5 Å². The number of hydrogen-bond acceptors (Lipinski definition) is 5. The van der Waals surface area contributed by atoms with E-state index in [1.165, 1.54) is 7.11 Å². The van der Waals surface area contributed by atoms with Crippen molar-refractivity contribution in [3.8, 4) is 11.5 Å². The predicted octanol–water partition coefficient (Wildman–Crippen LogP) is 2.35. The molecular formula is C17H23NO5. The van der Waals surface area contributed by atoms with E-state index in [0.29, 0.717) is 31.0 Å². The van der Waals surface area contributed by atoms with Gasteiger partial charge in [0.25, 0.3) is 0 Å². The standard InChI is InChI=1S/C17H23NO5/c1-12(2)8-16(19)18(7-6-17(20)21-3)10-13-4-5-14-15(9-13)23-11-22-14/h4-5,9,12H,6-8,10-11H2,1-3H3. The van der Waals surface area contributed by atoms with Gasteiger partial charge in [-0.1, -0.05) is 19.9 Å². The molecule has 1 aromatic rings. The number of benzene rings is 1. The lowest BCUT2D eigenvalue weighted by atomic mass is 10.1. The van der Waals surface area contributed by atoms with Gasteiger partial charge in [-0.3, -0.25) is 9.59 Å². The molecule has 0 radical (unpaired) electrons. The Morgan fingerprint density at radius 3 is 2.70 bits per heavy atom. The van der Waals surface area contributed by atoms with Crippen molar-refractivity contribution in [3.05, 3.63) is 23.8 Å². The Balaban J connectivity index is 2.06. The minimum atomic E-state index is -0.321. The molecule has 1 heterocycles. The highest BCUT2D eigenvalue weighted by Gasteiger charge is 2.19. The van der Waals surface area contributed by atoms with Crippen molar-refractivity contribution in [2.45, 2.75) is 33.2 Å². The Kier molecular flexibility index (Phi) is 5.84. The lowest BCUT2D eigenvalue weighted by molar-refractivity contribution is -0.142. The third-order valence-corrected chi connectivity index (χ3v) is 3.56. The molecule has 0 aromatic heterocycles. The summed E-state index contributed by atoms with van der Waals surface area (Å²) in [6.07, 6.45) is 0.636. The van der Waals surface area contributed by atoms with Gasteiger partial charge in [-0.2, -0.15) is 0 Å². The van der Waals surface area contributed by atoms with Crippen molar-refractivity contribution in [1.82, 2.24) is 4.90 Å². The molecule has 1 aliphatic heterocycles. The molecule has 0 spiro atoms. The molecule has 1 aromatic carbocycles. The van der Waals surface area contributed by atoms with E-state index in [1.807, 2.05) is 32.0 Å². The highest BCUT2D eigenvalue weighted by molar-refractivity contribution is 5.77. The number of ether oxygens (including phenoxy) is 3. The Hall–Kier alpha value is -2.24. The van der Waals surface area contributed by atoms with Gasteiger partial charge < -0.3 is 19.1 Å². The Labute approximate surface area is 136 Å². The van der Waals surface area contributed by atoms with Crippen LogP contribution in [0.25, 0.3) is 0 Å². The van der Waals surface area contributed by atoms with Crippen molar-refractivity contribution in [3.63, 3.8) is 0 Å². The Bertz CT molecular complexity index is 570. The number of nitrogens with zero attached hydrogens (tertiary/aromatic N) is 1. The molecule has 0 fully saturated rings. The topological polar surface area (TPSA) is 65.1 Å². The molecule has 6 nitrogen and oxygen atoms in total. The fraction of sp³-hybridized carbons (Fsp3) is 0.529. The zero-order valence-electron chi connectivity index (χ0n) is 13.8. The van der Waals surface area contributed by atoms with Crippen LogP contribution in [-0.2, 0) is 20.9 Å². The average molecular weight is 321 g/mol. The zero-order valence-corrected chi connectivity index (χ0v) is 13.8. The first-order valence-electron chi connectivity index (χ1n) is 7.72. The van der Waals surface area contributed by atoms with E-state index in [9.17, 15) is 9.59 Å². The van der Waals surface area contributed by atoms with E-state index in [0.717, 1.165) is 5.56 Å². The Morgan fingerprint density at radius 2 is 2.00 bits per heavy atom. The summed E-state index contributed by atoms with van der Waals surface area (Å²) in [6.45, 7) is 4.98. The van der Waals surface area contributed by atoms with Gasteiger partial charge in [0.2, 0.25) is 12.7 Å². The maximum absolute atomic E-state index is 12.4. The average Bonchev–Trinajstić information content (AvgIpc) is 2.97. The molecule has 126 valence electrons. The largest absolute Gasteiger partial charge is 0.469 e. The molecule has 6 heteroatoms. The molecule has 0 aliphatic carbocycles. The second-order valence-corrected chi connectivity index (χ2v) is 5.93. The van der Waals surface area contributed by atoms with Gasteiger partial charge >= 0.3 is 5.97 Å². The van der Waals surface area contributed by atoms with Crippen LogP contribution in [0, 0.1) is 5.92 Å². The monoisotopic (exact) mass is 321 g/mol. The van der Waals surface area contributed by atoms with E-state index < -0.39 is 0 Å². The van der Waals surface area contributed by atoms with Crippen molar-refractivity contribution >= 4 is 11.9 Å². The third kappa shape index (κ3) is 4.87. The summed E-state index contributed by atoms with van der Waals surface area (Å²) in [7, 11) is 1.35. The smallest absolute Gasteiger partial charge is 0.307 e. The number of carbonyl (C=O) groups is 2. The first-order valence-corrected chi connectivity index (χ1v) is 7.72. The summed E-state index contributed by atoms with van der Waals surface area (Å²) >= 11 is 0. The first-order chi connectivity index (χ1) is 11.0. The van der Waals surface area contributed by atoms with Crippen LogP contribution in [0.4, 0.5) is 0 Å². The van der Waals surface area contributed by atoms with Crippen molar-refractivity contribution in [1.29, 1.82) is 0 Å². The summed E-state index contributed by atoms with van der Waals surface area (Å²) in [4.78, 5) is 25.5. The minimum absolute atomic E-state index is 0.0292. The second-order valence-electron chi connectivity index (χ2n) is 5.93. The van der Waals surface area contributed by atoms with Gasteiger partial charge in [-0.15, -0.1) is 0 Å². The highest BCUT2D eigenvalue weighted by Crippen LogP contribution is 2.32. The van der Waals surface area contributed by atoms with Crippen LogP contribution >= 0.6 is 0 Å². The van der Waals surface area contributed by atoms with E-state index >= 15 is 0 Å². The SMILES string of the molecule is COC(=O)CCN(Cc1ccc2c(c1)OCO2)C(=O)CC(C)C. The van der Waals surface area contributed by atoms with Crippen LogP contribution in [0.1, 0.15) is 32.3 Å². The van der Waals surface area contributed by atoms with Crippen molar-refractivity contribution < 1.29 is 23.8 Å². The molecule has 0 unspecified atom stereocenters. The van der Waals surface area contributed by atoms with E-state index in [4.69, 9.17) is 9.47 Å². The molecule has 0 bridgehead atoms. The van der Waals surface area contributed by atoms with Crippen LogP contribution in [0.15, 0.2) is 18.2 Å². The maximum atomic E-state index is 12.4. The van der Waals surface area contributed by atoms with Crippen molar-refractivity contribution in [2.75, 3.05) is 20.4 Å². The number of carbonyl (C=O) groups excluding carboxylic acids is 2. The van der Waals surface area contributed by atoms with Gasteiger partial charge in [-0.05, 0) is 23.6 Å². The summed E-state index contributed by atoms with van der Waals surface area (Å²) < 4.78 is 15.3. The van der Waals surface area contributed by atoms with Gasteiger partial charge in [0, 0.05) is 19.5 Å². The molecule has 0 saturated carbocycles. The molecule has 0 N–H and O–H groups in total. The highest BCUT2D eigenvalue weighted by atomic mass is 16.7. The van der Waals surface area contributed by atoms with Crippen molar-refractivity contribution in [2.24, 2.45) is 5.92 Å². The molecule has 1 amide bonds. The third-order valence-electron chi connectivity index (χ3n) is 3.56. The predicted molar refractivity (Wildman–Crippen MR) is 84.1 cm³/mol. The molecular weight excluding hydrogens is 298 g/mol. The number of fused-ring (bicyclic) bond motifs is 1. The minimum Gasteiger partial charge on any atom is -0.469 e. The molecule has 0 atom stereocenters. The number of hydrogen-bond donors (Lipinski definition) is 0. The summed E-state index contributed by atoms with van der Waals surface area (Å²) in [5.74, 6) is 1.37. The molecule has 2 rings (SSSR count). The number of amides is 1. The fourth-order valence-corrected chi connectivity index (χ4v) is 2.36. The maximum Gasteiger partial charge on any atom is 0.307 e. The van der Waals surface area contributed by atoms with Crippen LogP contribution in [0.5, 0.6) is 11.5 Å².